The van der Waals surface area contributed by atoms with Gasteiger partial charge in [-0.15, -0.1) is 0 Å². The summed E-state index contributed by atoms with van der Waals surface area (Å²) in [7, 11) is 0. The molecular formula is C19H19BrClF3N4O. The van der Waals surface area contributed by atoms with E-state index >= 15 is 0 Å². The number of benzene rings is 1. The van der Waals surface area contributed by atoms with Crippen molar-refractivity contribution in [1.82, 2.24) is 14.7 Å². The number of hydrogen-bond donors (Lipinski definition) is 1. The Hall–Kier alpha value is -1.74. The highest BCUT2D eigenvalue weighted by molar-refractivity contribution is 9.10. The molecule has 156 valence electrons. The number of anilines is 1. The first-order chi connectivity index (χ1) is 13.8. The number of nitrogens with zero attached hydrogens (tertiary/aromatic N) is 3. The van der Waals surface area contributed by atoms with Crippen LogP contribution in [-0.4, -0.2) is 39.9 Å². The first kappa shape index (κ1) is 20.5. The second-order valence-electron chi connectivity index (χ2n) is 7.35. The van der Waals surface area contributed by atoms with E-state index in [1.807, 2.05) is 0 Å². The van der Waals surface area contributed by atoms with Gasteiger partial charge in [0.1, 0.15) is 10.8 Å². The minimum atomic E-state index is -4.52. The summed E-state index contributed by atoms with van der Waals surface area (Å²) in [5, 5.41) is 7.02. The number of likely N-dealkylation sites (tertiary alicyclic amines) is 1. The van der Waals surface area contributed by atoms with Crippen LogP contribution in [0.1, 0.15) is 53.8 Å². The van der Waals surface area contributed by atoms with Gasteiger partial charge < -0.3 is 10.2 Å². The standard InChI is InChI=1S/C19H19BrClF3N4O/c20-12-6-4-11(5-7-12)13-10-14(19(22,23)24)28-17(25-13)15(21)16(26-28)18(29)27-8-2-1-3-9-27/h4-7,13-14,25H,1-3,8-10H2/t13-,14+/m1/s1. The molecule has 2 aliphatic rings. The molecule has 0 aliphatic carbocycles. The fourth-order valence-electron chi connectivity index (χ4n) is 3.89. The second kappa shape index (κ2) is 7.83. The summed E-state index contributed by atoms with van der Waals surface area (Å²) in [5.74, 6) is -0.381. The van der Waals surface area contributed by atoms with Gasteiger partial charge in [0.2, 0.25) is 0 Å². The number of halogens is 5. The van der Waals surface area contributed by atoms with Crippen LogP contribution in [0.15, 0.2) is 28.7 Å². The number of amides is 1. The second-order valence-corrected chi connectivity index (χ2v) is 8.64. The van der Waals surface area contributed by atoms with Crippen molar-refractivity contribution in [1.29, 1.82) is 0 Å². The SMILES string of the molecule is O=C(c1nn2c(c1Cl)N[C@@H](c1ccc(Br)cc1)C[C@H]2C(F)(F)F)N1CCCCC1. The van der Waals surface area contributed by atoms with E-state index in [1.165, 1.54) is 0 Å². The fraction of sp³-hybridized carbons (Fsp3) is 0.474. The van der Waals surface area contributed by atoms with E-state index < -0.39 is 24.2 Å². The van der Waals surface area contributed by atoms with Crippen molar-refractivity contribution in [3.8, 4) is 0 Å². The van der Waals surface area contributed by atoms with Gasteiger partial charge in [-0.1, -0.05) is 39.7 Å². The number of carbonyl (C=O) groups is 1. The number of rotatable bonds is 2. The summed E-state index contributed by atoms with van der Waals surface area (Å²) >= 11 is 9.71. The Morgan fingerprint density at radius 3 is 2.45 bits per heavy atom. The number of alkyl halides is 3. The van der Waals surface area contributed by atoms with Crippen LogP contribution in [0.4, 0.5) is 19.0 Å². The lowest BCUT2D eigenvalue weighted by Crippen LogP contribution is -2.37. The van der Waals surface area contributed by atoms with E-state index in [0.717, 1.165) is 28.4 Å². The Balaban J connectivity index is 1.71. The molecule has 0 bridgehead atoms. The monoisotopic (exact) mass is 490 g/mol. The zero-order chi connectivity index (χ0) is 20.8. The third kappa shape index (κ3) is 3.99. The molecular weight excluding hydrogens is 473 g/mol. The highest BCUT2D eigenvalue weighted by atomic mass is 79.9. The molecule has 2 atom stereocenters. The summed E-state index contributed by atoms with van der Waals surface area (Å²) in [4.78, 5) is 14.4. The number of carbonyl (C=O) groups excluding carboxylic acids is 1. The van der Waals surface area contributed by atoms with E-state index in [2.05, 4.69) is 26.3 Å². The Labute approximate surface area is 179 Å². The predicted octanol–water partition coefficient (Wildman–Crippen LogP) is 5.59. The van der Waals surface area contributed by atoms with Crippen molar-refractivity contribution in [3.63, 3.8) is 0 Å². The highest BCUT2D eigenvalue weighted by Gasteiger charge is 2.48. The van der Waals surface area contributed by atoms with E-state index in [-0.39, 0.29) is 23.0 Å². The Morgan fingerprint density at radius 2 is 1.83 bits per heavy atom. The molecule has 0 unspecified atom stereocenters. The smallest absolute Gasteiger partial charge is 0.362 e. The normalized spacial score (nSPS) is 22.2. The Bertz CT molecular complexity index is 909. The molecule has 3 heterocycles. The Kier molecular flexibility index (Phi) is 5.54. The number of nitrogens with one attached hydrogen (secondary N) is 1. The molecule has 5 nitrogen and oxygen atoms in total. The molecule has 1 aromatic carbocycles. The highest BCUT2D eigenvalue weighted by Crippen LogP contribution is 2.46. The van der Waals surface area contributed by atoms with Gasteiger partial charge in [0.05, 0.1) is 6.04 Å². The van der Waals surface area contributed by atoms with Crippen molar-refractivity contribution in [2.75, 3.05) is 18.4 Å². The van der Waals surface area contributed by atoms with Gasteiger partial charge in [0, 0.05) is 24.0 Å². The zero-order valence-corrected chi connectivity index (χ0v) is 17.7. The molecule has 2 aromatic rings. The molecule has 1 aromatic heterocycles. The molecule has 10 heteroatoms. The largest absolute Gasteiger partial charge is 0.410 e. The zero-order valence-electron chi connectivity index (χ0n) is 15.3. The fourth-order valence-corrected chi connectivity index (χ4v) is 4.41. The average Bonchev–Trinajstić information content (AvgIpc) is 3.04. The van der Waals surface area contributed by atoms with Gasteiger partial charge in [0.25, 0.3) is 5.91 Å². The van der Waals surface area contributed by atoms with Crippen LogP contribution in [0.5, 0.6) is 0 Å². The van der Waals surface area contributed by atoms with E-state index in [1.54, 1.807) is 29.2 Å². The number of hydrogen-bond acceptors (Lipinski definition) is 3. The molecule has 1 saturated heterocycles. The third-order valence-electron chi connectivity index (χ3n) is 5.41. The lowest BCUT2D eigenvalue weighted by atomic mass is 9.97. The summed E-state index contributed by atoms with van der Waals surface area (Å²) in [6.07, 6.45) is -2.00. The maximum atomic E-state index is 13.8. The molecule has 2 aliphatic heterocycles. The van der Waals surface area contributed by atoms with E-state index in [0.29, 0.717) is 18.7 Å². The molecule has 0 saturated carbocycles. The van der Waals surface area contributed by atoms with Gasteiger partial charge in [0.15, 0.2) is 11.7 Å². The molecule has 1 N–H and O–H groups in total. The number of piperidine rings is 1. The van der Waals surface area contributed by atoms with Gasteiger partial charge in [-0.2, -0.15) is 18.3 Å². The van der Waals surface area contributed by atoms with Crippen LogP contribution in [0, 0.1) is 0 Å². The molecule has 1 fully saturated rings. The molecule has 1 amide bonds. The molecule has 0 radical (unpaired) electrons. The lowest BCUT2D eigenvalue weighted by molar-refractivity contribution is -0.173. The topological polar surface area (TPSA) is 50.2 Å². The van der Waals surface area contributed by atoms with Gasteiger partial charge in [-0.25, -0.2) is 4.68 Å². The first-order valence-corrected chi connectivity index (χ1v) is 10.6. The van der Waals surface area contributed by atoms with Crippen molar-refractivity contribution >= 4 is 39.3 Å². The number of fused-ring (bicyclic) bond motifs is 1. The van der Waals surface area contributed by atoms with Crippen LogP contribution in [0.25, 0.3) is 0 Å². The van der Waals surface area contributed by atoms with Gasteiger partial charge in [-0.3, -0.25) is 4.79 Å². The first-order valence-electron chi connectivity index (χ1n) is 9.41. The molecule has 29 heavy (non-hydrogen) atoms. The summed E-state index contributed by atoms with van der Waals surface area (Å²) in [6.45, 7) is 1.13. The third-order valence-corrected chi connectivity index (χ3v) is 6.30. The van der Waals surface area contributed by atoms with E-state index in [4.69, 9.17) is 11.6 Å². The molecule has 0 spiro atoms. The van der Waals surface area contributed by atoms with Crippen molar-refractivity contribution in [2.45, 2.75) is 43.9 Å². The summed E-state index contributed by atoms with van der Waals surface area (Å²) in [5.41, 5.74) is 0.580. The maximum Gasteiger partial charge on any atom is 0.410 e. The van der Waals surface area contributed by atoms with E-state index in [9.17, 15) is 18.0 Å². The predicted molar refractivity (Wildman–Crippen MR) is 107 cm³/mol. The van der Waals surface area contributed by atoms with Gasteiger partial charge in [-0.05, 0) is 37.0 Å². The summed E-state index contributed by atoms with van der Waals surface area (Å²) < 4.78 is 43.2. The van der Waals surface area contributed by atoms with Gasteiger partial charge >= 0.3 is 6.18 Å². The summed E-state index contributed by atoms with van der Waals surface area (Å²) in [6, 6.07) is 4.60. The average molecular weight is 492 g/mol. The van der Waals surface area contributed by atoms with Crippen LogP contribution >= 0.6 is 27.5 Å². The maximum absolute atomic E-state index is 13.8. The van der Waals surface area contributed by atoms with Crippen molar-refractivity contribution in [3.05, 3.63) is 45.0 Å². The van der Waals surface area contributed by atoms with Crippen LogP contribution in [-0.2, 0) is 0 Å². The minimum absolute atomic E-state index is 0.0357. The quantitative estimate of drug-likeness (QED) is 0.596. The van der Waals surface area contributed by atoms with Crippen LogP contribution < -0.4 is 5.32 Å². The van der Waals surface area contributed by atoms with Crippen LogP contribution in [0.3, 0.4) is 0 Å². The Morgan fingerprint density at radius 1 is 1.17 bits per heavy atom. The number of aromatic nitrogens is 2. The van der Waals surface area contributed by atoms with Crippen LogP contribution in [0.2, 0.25) is 5.02 Å². The van der Waals surface area contributed by atoms with Crippen molar-refractivity contribution < 1.29 is 18.0 Å². The van der Waals surface area contributed by atoms with Crippen molar-refractivity contribution in [2.24, 2.45) is 0 Å². The lowest BCUT2D eigenvalue weighted by Gasteiger charge is -2.33. The molecule has 4 rings (SSSR count). The minimum Gasteiger partial charge on any atom is -0.362 e.